The fourth-order valence-electron chi connectivity index (χ4n) is 1.86. The first-order chi connectivity index (χ1) is 9.81. The summed E-state index contributed by atoms with van der Waals surface area (Å²) in [5.74, 6) is 0.118. The summed E-state index contributed by atoms with van der Waals surface area (Å²) < 4.78 is 0. The first-order valence-corrected chi connectivity index (χ1v) is 8.07. The van der Waals surface area contributed by atoms with Gasteiger partial charge in [-0.3, -0.25) is 9.59 Å². The third-order valence-corrected chi connectivity index (χ3v) is 3.08. The molecule has 0 aromatic rings. The van der Waals surface area contributed by atoms with Crippen molar-refractivity contribution in [1.29, 1.82) is 0 Å². The fourth-order valence-corrected chi connectivity index (χ4v) is 1.86. The maximum atomic E-state index is 11.5. The normalized spacial score (nSPS) is 11.2. The van der Waals surface area contributed by atoms with Crippen LogP contribution in [-0.4, -0.2) is 37.0 Å². The molecule has 0 heterocycles. The van der Waals surface area contributed by atoms with E-state index < -0.39 is 0 Å². The number of carbonyl (C=O) groups is 2. The maximum Gasteiger partial charge on any atom is 0.233 e. The highest BCUT2D eigenvalue weighted by atomic mass is 16.2. The van der Waals surface area contributed by atoms with Crippen LogP contribution in [0.1, 0.15) is 66.2 Å². The van der Waals surface area contributed by atoms with Crippen molar-refractivity contribution in [2.45, 2.75) is 71.8 Å². The molecule has 0 aliphatic heterocycles. The first-order valence-electron chi connectivity index (χ1n) is 8.07. The number of nitrogens with one attached hydrogen (secondary N) is 3. The largest absolute Gasteiger partial charge is 0.356 e. The van der Waals surface area contributed by atoms with Crippen molar-refractivity contribution < 1.29 is 9.59 Å². The second-order valence-corrected chi connectivity index (χ2v) is 6.56. The number of hydrogen-bond acceptors (Lipinski definition) is 3. The Labute approximate surface area is 129 Å². The second-order valence-electron chi connectivity index (χ2n) is 6.56. The molecule has 0 saturated heterocycles. The molecule has 0 aliphatic rings. The molecule has 0 fully saturated rings. The van der Waals surface area contributed by atoms with E-state index in [1.165, 1.54) is 12.8 Å². The van der Waals surface area contributed by atoms with Gasteiger partial charge < -0.3 is 16.0 Å². The smallest absolute Gasteiger partial charge is 0.233 e. The molecule has 0 saturated carbocycles. The third-order valence-electron chi connectivity index (χ3n) is 3.08. The number of amides is 2. The summed E-state index contributed by atoms with van der Waals surface area (Å²) in [5, 5.41) is 8.90. The maximum absolute atomic E-state index is 11.5. The van der Waals surface area contributed by atoms with Crippen LogP contribution < -0.4 is 16.0 Å². The Kier molecular flexibility index (Phi) is 10.9. The molecule has 2 amide bonds. The minimum Gasteiger partial charge on any atom is -0.356 e. The summed E-state index contributed by atoms with van der Waals surface area (Å²) in [5.41, 5.74) is -0.0193. The molecule has 0 rings (SSSR count). The Balaban J connectivity index is 3.25. The average molecular weight is 299 g/mol. The van der Waals surface area contributed by atoms with Crippen LogP contribution in [0.2, 0.25) is 0 Å². The van der Waals surface area contributed by atoms with Crippen LogP contribution >= 0.6 is 0 Å². The van der Waals surface area contributed by atoms with Crippen LogP contribution in [0.25, 0.3) is 0 Å². The molecule has 5 nitrogen and oxygen atoms in total. The zero-order valence-corrected chi connectivity index (χ0v) is 14.2. The van der Waals surface area contributed by atoms with E-state index in [1.54, 1.807) is 6.92 Å². The lowest BCUT2D eigenvalue weighted by Gasteiger charge is -2.19. The number of unbranched alkanes of at least 4 members (excludes halogenated alkanes) is 5. The predicted molar refractivity (Wildman–Crippen MR) is 87.2 cm³/mol. The van der Waals surface area contributed by atoms with E-state index in [2.05, 4.69) is 16.0 Å². The van der Waals surface area contributed by atoms with Crippen LogP contribution in [-0.2, 0) is 9.59 Å². The van der Waals surface area contributed by atoms with Crippen molar-refractivity contribution in [2.75, 3.05) is 19.6 Å². The fraction of sp³-hybridized carbons (Fsp3) is 0.875. The minimum absolute atomic E-state index is 0.0193. The van der Waals surface area contributed by atoms with Crippen molar-refractivity contribution in [3.63, 3.8) is 0 Å². The lowest BCUT2D eigenvalue weighted by molar-refractivity contribution is -0.120. The van der Waals surface area contributed by atoms with Gasteiger partial charge in [0.1, 0.15) is 0 Å². The standard InChI is InChI=1S/C16H33N3O2/c1-14(20)17-11-9-7-5-6-8-10-12-18-15(21)13-19-16(2,3)4/h19H,5-13H2,1-4H3,(H,17,20)(H,18,21). The van der Waals surface area contributed by atoms with Crippen LogP contribution in [0.4, 0.5) is 0 Å². The molecule has 0 spiro atoms. The van der Waals surface area contributed by atoms with Gasteiger partial charge in [0.2, 0.25) is 11.8 Å². The van der Waals surface area contributed by atoms with Crippen LogP contribution in [0.5, 0.6) is 0 Å². The van der Waals surface area contributed by atoms with Crippen molar-refractivity contribution in [3.05, 3.63) is 0 Å². The van der Waals surface area contributed by atoms with Gasteiger partial charge in [-0.1, -0.05) is 25.7 Å². The zero-order chi connectivity index (χ0) is 16.1. The molecule has 0 aliphatic carbocycles. The number of hydrogen-bond donors (Lipinski definition) is 3. The monoisotopic (exact) mass is 299 g/mol. The van der Waals surface area contributed by atoms with Crippen LogP contribution in [0.15, 0.2) is 0 Å². The predicted octanol–water partition coefficient (Wildman–Crippen LogP) is 1.97. The van der Waals surface area contributed by atoms with Gasteiger partial charge in [-0.25, -0.2) is 0 Å². The van der Waals surface area contributed by atoms with Gasteiger partial charge in [-0.2, -0.15) is 0 Å². The highest BCUT2D eigenvalue weighted by molar-refractivity contribution is 5.78. The lowest BCUT2D eigenvalue weighted by atomic mass is 10.1. The van der Waals surface area contributed by atoms with E-state index in [0.717, 1.165) is 38.8 Å². The van der Waals surface area contributed by atoms with Gasteiger partial charge in [0.15, 0.2) is 0 Å². The second kappa shape index (κ2) is 11.5. The Morgan fingerprint density at radius 1 is 0.810 bits per heavy atom. The van der Waals surface area contributed by atoms with Gasteiger partial charge >= 0.3 is 0 Å². The van der Waals surface area contributed by atoms with E-state index in [0.29, 0.717) is 6.54 Å². The van der Waals surface area contributed by atoms with E-state index in [4.69, 9.17) is 0 Å². The van der Waals surface area contributed by atoms with Crippen LogP contribution in [0, 0.1) is 0 Å². The SMILES string of the molecule is CC(=O)NCCCCCCCCNC(=O)CNC(C)(C)C. The van der Waals surface area contributed by atoms with Crippen molar-refractivity contribution >= 4 is 11.8 Å². The molecule has 0 aromatic carbocycles. The summed E-state index contributed by atoms with van der Waals surface area (Å²) in [4.78, 5) is 22.2. The van der Waals surface area contributed by atoms with Gasteiger partial charge in [0.25, 0.3) is 0 Å². The Morgan fingerprint density at radius 3 is 1.76 bits per heavy atom. The van der Waals surface area contributed by atoms with Gasteiger partial charge in [0, 0.05) is 25.6 Å². The summed E-state index contributed by atoms with van der Waals surface area (Å²) in [7, 11) is 0. The number of rotatable bonds is 11. The van der Waals surface area contributed by atoms with E-state index >= 15 is 0 Å². The molecule has 124 valence electrons. The lowest BCUT2D eigenvalue weighted by Crippen LogP contribution is -2.43. The highest BCUT2D eigenvalue weighted by Gasteiger charge is 2.10. The topological polar surface area (TPSA) is 70.2 Å². The summed E-state index contributed by atoms with van der Waals surface area (Å²) in [6.45, 7) is 9.62. The molecular formula is C16H33N3O2. The molecule has 3 N–H and O–H groups in total. The van der Waals surface area contributed by atoms with Gasteiger partial charge in [-0.15, -0.1) is 0 Å². The highest BCUT2D eigenvalue weighted by Crippen LogP contribution is 2.04. The van der Waals surface area contributed by atoms with Crippen molar-refractivity contribution in [3.8, 4) is 0 Å². The molecule has 0 aromatic heterocycles. The first kappa shape index (κ1) is 19.9. The number of carbonyl (C=O) groups excluding carboxylic acids is 2. The molecule has 0 unspecified atom stereocenters. The van der Waals surface area contributed by atoms with Crippen LogP contribution in [0.3, 0.4) is 0 Å². The van der Waals surface area contributed by atoms with E-state index in [1.807, 2.05) is 20.8 Å². The molecule has 0 atom stereocenters. The molecule has 21 heavy (non-hydrogen) atoms. The molecule has 0 radical (unpaired) electrons. The van der Waals surface area contributed by atoms with Gasteiger partial charge in [0.05, 0.1) is 6.54 Å². The van der Waals surface area contributed by atoms with Crippen molar-refractivity contribution in [1.82, 2.24) is 16.0 Å². The Bertz CT molecular complexity index is 298. The third kappa shape index (κ3) is 16.8. The van der Waals surface area contributed by atoms with E-state index in [-0.39, 0.29) is 17.4 Å². The zero-order valence-electron chi connectivity index (χ0n) is 14.2. The summed E-state index contributed by atoms with van der Waals surface area (Å²) >= 11 is 0. The molecule has 5 heteroatoms. The van der Waals surface area contributed by atoms with E-state index in [9.17, 15) is 9.59 Å². The minimum atomic E-state index is -0.0193. The van der Waals surface area contributed by atoms with Gasteiger partial charge in [-0.05, 0) is 33.6 Å². The molecular weight excluding hydrogens is 266 g/mol. The van der Waals surface area contributed by atoms with Crippen molar-refractivity contribution in [2.24, 2.45) is 0 Å². The Hall–Kier alpha value is -1.10. The molecule has 0 bridgehead atoms. The average Bonchev–Trinajstić information content (AvgIpc) is 2.37. The summed E-state index contributed by atoms with van der Waals surface area (Å²) in [6.07, 6.45) is 6.77. The summed E-state index contributed by atoms with van der Waals surface area (Å²) in [6, 6.07) is 0. The Morgan fingerprint density at radius 2 is 1.29 bits per heavy atom. The quantitative estimate of drug-likeness (QED) is 0.511.